The first-order valence-electron chi connectivity index (χ1n) is 4.66. The Balaban J connectivity index is 1.82. The van der Waals surface area contributed by atoms with E-state index in [1.165, 1.54) is 29.2 Å². The third-order valence-corrected chi connectivity index (χ3v) is 3.61. The molecule has 13 heavy (non-hydrogen) atoms. The summed E-state index contributed by atoms with van der Waals surface area (Å²) in [5.74, 6) is 2.57. The number of H-pyrrole nitrogens is 1. The minimum atomic E-state index is 0.708. The second-order valence-corrected chi connectivity index (χ2v) is 4.61. The van der Waals surface area contributed by atoms with Crippen molar-refractivity contribution in [2.75, 3.05) is 11.5 Å². The van der Waals surface area contributed by atoms with Gasteiger partial charge in [0.05, 0.1) is 6.20 Å². The molecule has 4 heteroatoms. The van der Waals surface area contributed by atoms with E-state index in [2.05, 4.69) is 22.4 Å². The van der Waals surface area contributed by atoms with E-state index in [-0.39, 0.29) is 0 Å². The molecule has 1 unspecified atom stereocenters. The Kier molecular flexibility index (Phi) is 2.90. The first-order chi connectivity index (χ1) is 6.36. The minimum absolute atomic E-state index is 0.708. The van der Waals surface area contributed by atoms with Gasteiger partial charge in [-0.05, 0) is 19.1 Å². The Morgan fingerprint density at radius 3 is 3.31 bits per heavy atom. The Labute approximate surface area is 82.7 Å². The summed E-state index contributed by atoms with van der Waals surface area (Å²) in [5, 5.41) is 10.5. The molecule has 0 aliphatic carbocycles. The Morgan fingerprint density at radius 1 is 1.77 bits per heavy atom. The maximum Gasteiger partial charge on any atom is 0.0535 e. The van der Waals surface area contributed by atoms with Gasteiger partial charge in [0.25, 0.3) is 0 Å². The summed E-state index contributed by atoms with van der Waals surface area (Å²) in [5.41, 5.74) is 2.47. The quantitative estimate of drug-likeness (QED) is 0.767. The standard InChI is InChI=1S/C9H15N3S/c1-7-8(5-11-12-7)4-10-9-2-3-13-6-9/h5,9-10H,2-4,6H2,1H3,(H,11,12). The molecule has 0 radical (unpaired) electrons. The van der Waals surface area contributed by atoms with Crippen LogP contribution in [0.15, 0.2) is 6.20 Å². The van der Waals surface area contributed by atoms with Gasteiger partial charge in [0.1, 0.15) is 0 Å². The van der Waals surface area contributed by atoms with Crippen LogP contribution < -0.4 is 5.32 Å². The lowest BCUT2D eigenvalue weighted by Crippen LogP contribution is -2.28. The summed E-state index contributed by atoms with van der Waals surface area (Å²) in [6, 6.07) is 0.708. The van der Waals surface area contributed by atoms with Crippen molar-refractivity contribution in [3.05, 3.63) is 17.5 Å². The molecule has 2 heterocycles. The molecule has 72 valence electrons. The summed E-state index contributed by atoms with van der Waals surface area (Å²) in [4.78, 5) is 0. The lowest BCUT2D eigenvalue weighted by Gasteiger charge is -2.09. The van der Waals surface area contributed by atoms with Crippen LogP contribution in [-0.2, 0) is 6.54 Å². The average Bonchev–Trinajstić information content (AvgIpc) is 2.72. The monoisotopic (exact) mass is 197 g/mol. The highest BCUT2D eigenvalue weighted by molar-refractivity contribution is 7.99. The molecule has 1 aromatic rings. The maximum absolute atomic E-state index is 4.00. The van der Waals surface area contributed by atoms with E-state index in [1.54, 1.807) is 0 Å². The number of hydrogen-bond donors (Lipinski definition) is 2. The molecule has 0 spiro atoms. The molecule has 0 amide bonds. The zero-order valence-corrected chi connectivity index (χ0v) is 8.66. The largest absolute Gasteiger partial charge is 0.309 e. The second-order valence-electron chi connectivity index (χ2n) is 3.46. The van der Waals surface area contributed by atoms with Crippen molar-refractivity contribution in [1.29, 1.82) is 0 Å². The predicted octanol–water partition coefficient (Wildman–Crippen LogP) is 1.31. The molecule has 1 aliphatic rings. The maximum atomic E-state index is 4.00. The van der Waals surface area contributed by atoms with Crippen LogP contribution in [0, 0.1) is 6.92 Å². The molecule has 0 aromatic carbocycles. The lowest BCUT2D eigenvalue weighted by molar-refractivity contribution is 0.557. The van der Waals surface area contributed by atoms with Gasteiger partial charge in [0, 0.05) is 29.6 Å². The van der Waals surface area contributed by atoms with E-state index in [1.807, 2.05) is 18.0 Å². The van der Waals surface area contributed by atoms with Gasteiger partial charge in [-0.1, -0.05) is 0 Å². The molecule has 2 rings (SSSR count). The van der Waals surface area contributed by atoms with Gasteiger partial charge in [-0.25, -0.2) is 0 Å². The summed E-state index contributed by atoms with van der Waals surface area (Å²) in [6.07, 6.45) is 3.21. The van der Waals surface area contributed by atoms with Crippen LogP contribution in [0.1, 0.15) is 17.7 Å². The van der Waals surface area contributed by atoms with Crippen LogP contribution in [-0.4, -0.2) is 27.7 Å². The fourth-order valence-electron chi connectivity index (χ4n) is 1.50. The molecule has 0 saturated carbocycles. The van der Waals surface area contributed by atoms with Crippen molar-refractivity contribution < 1.29 is 0 Å². The van der Waals surface area contributed by atoms with Gasteiger partial charge in [0.2, 0.25) is 0 Å². The summed E-state index contributed by atoms with van der Waals surface area (Å²) in [7, 11) is 0. The smallest absolute Gasteiger partial charge is 0.0535 e. The average molecular weight is 197 g/mol. The van der Waals surface area contributed by atoms with E-state index in [0.717, 1.165) is 6.54 Å². The molecule has 2 N–H and O–H groups in total. The molecule has 0 bridgehead atoms. The lowest BCUT2D eigenvalue weighted by atomic mass is 10.2. The molecule has 3 nitrogen and oxygen atoms in total. The molecule has 1 atom stereocenters. The SMILES string of the molecule is Cc1[nH]ncc1CNC1CCSC1. The number of aromatic amines is 1. The van der Waals surface area contributed by atoms with Crippen LogP contribution in [0.4, 0.5) is 0 Å². The number of nitrogens with zero attached hydrogens (tertiary/aromatic N) is 1. The fraction of sp³-hybridized carbons (Fsp3) is 0.667. The van der Waals surface area contributed by atoms with Crippen LogP contribution >= 0.6 is 11.8 Å². The molecular weight excluding hydrogens is 182 g/mol. The number of nitrogens with one attached hydrogen (secondary N) is 2. The number of rotatable bonds is 3. The predicted molar refractivity (Wildman–Crippen MR) is 55.9 cm³/mol. The van der Waals surface area contributed by atoms with E-state index in [0.29, 0.717) is 6.04 Å². The minimum Gasteiger partial charge on any atom is -0.309 e. The van der Waals surface area contributed by atoms with Crippen molar-refractivity contribution >= 4 is 11.8 Å². The van der Waals surface area contributed by atoms with Crippen LogP contribution in [0.5, 0.6) is 0 Å². The first-order valence-corrected chi connectivity index (χ1v) is 5.81. The normalized spacial score (nSPS) is 22.4. The molecule has 1 aliphatic heterocycles. The van der Waals surface area contributed by atoms with Gasteiger partial charge < -0.3 is 5.32 Å². The number of aryl methyl sites for hydroxylation is 1. The van der Waals surface area contributed by atoms with Gasteiger partial charge in [0.15, 0.2) is 0 Å². The molecular formula is C9H15N3S. The van der Waals surface area contributed by atoms with Crippen LogP contribution in [0.3, 0.4) is 0 Å². The van der Waals surface area contributed by atoms with Gasteiger partial charge in [-0.3, -0.25) is 5.10 Å². The van der Waals surface area contributed by atoms with Gasteiger partial charge >= 0.3 is 0 Å². The number of aromatic nitrogens is 2. The fourth-order valence-corrected chi connectivity index (χ4v) is 2.69. The molecule has 1 saturated heterocycles. The van der Waals surface area contributed by atoms with E-state index >= 15 is 0 Å². The first kappa shape index (κ1) is 9.09. The summed E-state index contributed by atoms with van der Waals surface area (Å²) < 4.78 is 0. The second kappa shape index (κ2) is 4.15. The third-order valence-electron chi connectivity index (χ3n) is 2.45. The Hall–Kier alpha value is -0.480. The topological polar surface area (TPSA) is 40.7 Å². The van der Waals surface area contributed by atoms with E-state index < -0.39 is 0 Å². The number of hydrogen-bond acceptors (Lipinski definition) is 3. The molecule has 1 fully saturated rings. The van der Waals surface area contributed by atoms with Crippen molar-refractivity contribution in [3.63, 3.8) is 0 Å². The Bertz CT molecular complexity index is 266. The Morgan fingerprint density at radius 2 is 2.69 bits per heavy atom. The van der Waals surface area contributed by atoms with E-state index in [9.17, 15) is 0 Å². The zero-order valence-electron chi connectivity index (χ0n) is 7.84. The van der Waals surface area contributed by atoms with Gasteiger partial charge in [-0.2, -0.15) is 16.9 Å². The highest BCUT2D eigenvalue weighted by Crippen LogP contribution is 2.17. The van der Waals surface area contributed by atoms with Crippen LogP contribution in [0.2, 0.25) is 0 Å². The highest BCUT2D eigenvalue weighted by atomic mass is 32.2. The molecule has 1 aromatic heterocycles. The summed E-state index contributed by atoms with van der Waals surface area (Å²) >= 11 is 2.04. The van der Waals surface area contributed by atoms with Crippen molar-refractivity contribution in [2.24, 2.45) is 0 Å². The van der Waals surface area contributed by atoms with Gasteiger partial charge in [-0.15, -0.1) is 0 Å². The zero-order chi connectivity index (χ0) is 9.10. The third kappa shape index (κ3) is 2.25. The highest BCUT2D eigenvalue weighted by Gasteiger charge is 2.14. The van der Waals surface area contributed by atoms with Crippen molar-refractivity contribution in [3.8, 4) is 0 Å². The van der Waals surface area contributed by atoms with Crippen molar-refractivity contribution in [2.45, 2.75) is 25.9 Å². The number of thioether (sulfide) groups is 1. The van der Waals surface area contributed by atoms with E-state index in [4.69, 9.17) is 0 Å². The van der Waals surface area contributed by atoms with Crippen LogP contribution in [0.25, 0.3) is 0 Å². The van der Waals surface area contributed by atoms with Crippen molar-refractivity contribution in [1.82, 2.24) is 15.5 Å². The summed E-state index contributed by atoms with van der Waals surface area (Å²) in [6.45, 7) is 3.01.